The second-order valence-electron chi connectivity index (χ2n) is 8.00. The summed E-state index contributed by atoms with van der Waals surface area (Å²) in [6, 6.07) is 16.5. The van der Waals surface area contributed by atoms with Crippen molar-refractivity contribution in [3.8, 4) is 5.69 Å². The van der Waals surface area contributed by atoms with E-state index < -0.39 is 29.6 Å². The molecule has 0 saturated carbocycles. The third kappa shape index (κ3) is 6.45. The normalized spacial score (nSPS) is 11.7. The number of anilines is 1. The molecule has 1 aromatic heterocycles. The van der Waals surface area contributed by atoms with Crippen molar-refractivity contribution in [2.45, 2.75) is 12.5 Å². The first kappa shape index (κ1) is 26.2. The molecule has 2 amide bonds. The molecular weight excluding hydrogens is 515 g/mol. The van der Waals surface area contributed by atoms with E-state index in [2.05, 4.69) is 26.2 Å². The second kappa shape index (κ2) is 11.9. The molecule has 0 saturated heterocycles. The van der Waals surface area contributed by atoms with Crippen molar-refractivity contribution < 1.29 is 23.9 Å². The first-order valence-corrected chi connectivity index (χ1v) is 11.6. The molecule has 3 aromatic carbocycles. The number of nitrogens with zero attached hydrogens (tertiary/aromatic N) is 4. The standard InChI is InChI=1S/C26H20ClFN6O4/c27-20-11-12-22(34-15-29-32-33-34)19(24(20)28)10-13-23(35)31-21(14-16-4-2-1-3-5-16)25(36)30-18-8-6-17(7-9-18)26(37)38/h1-13,15,21H,14H2,(H,30,36)(H,31,35)(H,37,38)/b13-10+/t21-/m0/s1. The van der Waals surface area contributed by atoms with Crippen molar-refractivity contribution >= 4 is 41.1 Å². The molecule has 4 aromatic rings. The molecule has 1 atom stereocenters. The first-order valence-electron chi connectivity index (χ1n) is 11.2. The number of carbonyl (C=O) groups excluding carboxylic acids is 2. The van der Waals surface area contributed by atoms with Crippen LogP contribution < -0.4 is 10.6 Å². The molecular formula is C26H20ClFN6O4. The van der Waals surface area contributed by atoms with Gasteiger partial charge in [0.25, 0.3) is 0 Å². The van der Waals surface area contributed by atoms with E-state index >= 15 is 0 Å². The minimum atomic E-state index is -1.09. The number of hydrogen-bond donors (Lipinski definition) is 3. The van der Waals surface area contributed by atoms with Crippen molar-refractivity contribution in [2.75, 3.05) is 5.32 Å². The lowest BCUT2D eigenvalue weighted by Crippen LogP contribution is -2.44. The van der Waals surface area contributed by atoms with E-state index in [0.717, 1.165) is 11.6 Å². The molecule has 0 aliphatic rings. The summed E-state index contributed by atoms with van der Waals surface area (Å²) in [5.41, 5.74) is 1.44. The van der Waals surface area contributed by atoms with Gasteiger partial charge >= 0.3 is 5.97 Å². The SMILES string of the molecule is O=C(/C=C/c1c(-n2cnnn2)ccc(Cl)c1F)N[C@@H](Cc1ccccc1)C(=O)Nc1ccc(C(=O)O)cc1. The third-order valence-electron chi connectivity index (χ3n) is 5.42. The fraction of sp³-hybridized carbons (Fsp3) is 0.0769. The Kier molecular flexibility index (Phi) is 8.19. The molecule has 0 spiro atoms. The van der Waals surface area contributed by atoms with Crippen LogP contribution in [0.4, 0.5) is 10.1 Å². The van der Waals surface area contributed by atoms with Crippen LogP contribution in [-0.4, -0.2) is 49.1 Å². The highest BCUT2D eigenvalue weighted by Gasteiger charge is 2.21. The van der Waals surface area contributed by atoms with Crippen LogP contribution in [0, 0.1) is 5.82 Å². The Morgan fingerprint density at radius 3 is 2.45 bits per heavy atom. The summed E-state index contributed by atoms with van der Waals surface area (Å²) in [6.45, 7) is 0. The van der Waals surface area contributed by atoms with E-state index in [1.165, 1.54) is 53.5 Å². The number of carbonyl (C=O) groups is 3. The number of aromatic carboxylic acids is 1. The number of carboxylic acid groups (broad SMARTS) is 1. The van der Waals surface area contributed by atoms with Gasteiger partial charge in [0.1, 0.15) is 12.4 Å². The van der Waals surface area contributed by atoms with E-state index in [9.17, 15) is 18.8 Å². The van der Waals surface area contributed by atoms with Crippen LogP contribution in [0.1, 0.15) is 21.5 Å². The van der Waals surface area contributed by atoms with Crippen molar-refractivity contribution in [1.82, 2.24) is 25.5 Å². The predicted octanol–water partition coefficient (Wildman–Crippen LogP) is 3.53. The van der Waals surface area contributed by atoms with Gasteiger partial charge < -0.3 is 15.7 Å². The Morgan fingerprint density at radius 1 is 1.05 bits per heavy atom. The Labute approximate surface area is 220 Å². The number of tetrazole rings is 1. The zero-order chi connectivity index (χ0) is 27.1. The van der Waals surface area contributed by atoms with Crippen molar-refractivity contribution in [1.29, 1.82) is 0 Å². The Morgan fingerprint density at radius 2 is 1.79 bits per heavy atom. The highest BCUT2D eigenvalue weighted by Crippen LogP contribution is 2.25. The minimum absolute atomic E-state index is 0.0254. The molecule has 3 N–H and O–H groups in total. The van der Waals surface area contributed by atoms with Gasteiger partial charge in [0.05, 0.1) is 16.3 Å². The van der Waals surface area contributed by atoms with Gasteiger partial charge in [-0.3, -0.25) is 9.59 Å². The lowest BCUT2D eigenvalue weighted by molar-refractivity contribution is -0.123. The quantitative estimate of drug-likeness (QED) is 0.279. The van der Waals surface area contributed by atoms with Gasteiger partial charge in [-0.1, -0.05) is 41.9 Å². The van der Waals surface area contributed by atoms with E-state index in [1.807, 2.05) is 18.2 Å². The third-order valence-corrected chi connectivity index (χ3v) is 5.71. The van der Waals surface area contributed by atoms with Gasteiger partial charge in [-0.25, -0.2) is 9.18 Å². The average molecular weight is 535 g/mol. The number of carboxylic acids is 1. The lowest BCUT2D eigenvalue weighted by Gasteiger charge is -2.18. The molecule has 0 unspecified atom stereocenters. The van der Waals surface area contributed by atoms with Crippen LogP contribution in [0.2, 0.25) is 5.02 Å². The van der Waals surface area contributed by atoms with Crippen molar-refractivity contribution in [2.24, 2.45) is 0 Å². The lowest BCUT2D eigenvalue weighted by atomic mass is 10.0. The van der Waals surface area contributed by atoms with Crippen LogP contribution in [-0.2, 0) is 16.0 Å². The van der Waals surface area contributed by atoms with Crippen LogP contribution in [0.5, 0.6) is 0 Å². The summed E-state index contributed by atoms with van der Waals surface area (Å²) in [5, 5.41) is 25.0. The van der Waals surface area contributed by atoms with E-state index in [-0.39, 0.29) is 28.3 Å². The Balaban J connectivity index is 1.54. The van der Waals surface area contributed by atoms with E-state index in [1.54, 1.807) is 12.1 Å². The highest BCUT2D eigenvalue weighted by molar-refractivity contribution is 6.31. The smallest absolute Gasteiger partial charge is 0.335 e. The summed E-state index contributed by atoms with van der Waals surface area (Å²) >= 11 is 5.93. The maximum atomic E-state index is 14.8. The molecule has 192 valence electrons. The van der Waals surface area contributed by atoms with Crippen LogP contribution >= 0.6 is 11.6 Å². The number of hydrogen-bond acceptors (Lipinski definition) is 6. The van der Waals surface area contributed by atoms with Crippen molar-refractivity contribution in [3.05, 3.63) is 107 Å². The van der Waals surface area contributed by atoms with E-state index in [0.29, 0.717) is 5.69 Å². The zero-order valence-corrected chi connectivity index (χ0v) is 20.3. The Hall–Kier alpha value is -4.90. The number of rotatable bonds is 9. The highest BCUT2D eigenvalue weighted by atomic mass is 35.5. The molecule has 0 bridgehead atoms. The molecule has 12 heteroatoms. The molecule has 0 radical (unpaired) electrons. The van der Waals surface area contributed by atoms with Gasteiger partial charge in [0, 0.05) is 23.7 Å². The summed E-state index contributed by atoms with van der Waals surface area (Å²) in [5.74, 6) is -3.05. The number of benzene rings is 3. The molecule has 10 nitrogen and oxygen atoms in total. The fourth-order valence-corrected chi connectivity index (χ4v) is 3.71. The number of aromatic nitrogens is 4. The van der Waals surface area contributed by atoms with Crippen LogP contribution in [0.15, 0.2) is 79.1 Å². The van der Waals surface area contributed by atoms with E-state index in [4.69, 9.17) is 16.7 Å². The molecule has 0 aliphatic heterocycles. The Bertz CT molecular complexity index is 1480. The van der Waals surface area contributed by atoms with Gasteiger partial charge in [-0.05, 0) is 58.5 Å². The second-order valence-corrected chi connectivity index (χ2v) is 8.41. The average Bonchev–Trinajstić information content (AvgIpc) is 3.45. The summed E-state index contributed by atoms with van der Waals surface area (Å²) < 4.78 is 16.0. The monoisotopic (exact) mass is 534 g/mol. The number of halogens is 2. The maximum Gasteiger partial charge on any atom is 0.335 e. The molecule has 38 heavy (non-hydrogen) atoms. The van der Waals surface area contributed by atoms with Crippen LogP contribution in [0.3, 0.4) is 0 Å². The molecule has 4 rings (SSSR count). The molecule has 1 heterocycles. The molecule has 0 aliphatic carbocycles. The topological polar surface area (TPSA) is 139 Å². The fourth-order valence-electron chi connectivity index (χ4n) is 3.55. The predicted molar refractivity (Wildman–Crippen MR) is 137 cm³/mol. The zero-order valence-electron chi connectivity index (χ0n) is 19.6. The van der Waals surface area contributed by atoms with Gasteiger partial charge in [-0.15, -0.1) is 5.10 Å². The van der Waals surface area contributed by atoms with Gasteiger partial charge in [0.2, 0.25) is 11.8 Å². The van der Waals surface area contributed by atoms with Gasteiger partial charge in [0.15, 0.2) is 5.82 Å². The summed E-state index contributed by atoms with van der Waals surface area (Å²) in [4.78, 5) is 37.0. The number of amides is 2. The maximum absolute atomic E-state index is 14.8. The summed E-state index contributed by atoms with van der Waals surface area (Å²) in [7, 11) is 0. The molecule has 0 fully saturated rings. The van der Waals surface area contributed by atoms with Crippen LogP contribution in [0.25, 0.3) is 11.8 Å². The summed E-state index contributed by atoms with van der Waals surface area (Å²) in [6.07, 6.45) is 3.73. The first-order chi connectivity index (χ1) is 18.3. The minimum Gasteiger partial charge on any atom is -0.478 e. The number of nitrogens with one attached hydrogen (secondary N) is 2. The van der Waals surface area contributed by atoms with Crippen molar-refractivity contribution in [3.63, 3.8) is 0 Å². The van der Waals surface area contributed by atoms with Gasteiger partial charge in [-0.2, -0.15) is 4.68 Å². The largest absolute Gasteiger partial charge is 0.478 e.